The van der Waals surface area contributed by atoms with Crippen LogP contribution < -0.4 is 15.8 Å². The van der Waals surface area contributed by atoms with E-state index in [1.807, 2.05) is 6.92 Å². The molecule has 1 atom stereocenters. The number of aromatic nitrogens is 1. The van der Waals surface area contributed by atoms with Crippen LogP contribution in [0.2, 0.25) is 0 Å². The van der Waals surface area contributed by atoms with Crippen LogP contribution in [0, 0.1) is 5.92 Å². The molecular weight excluding hydrogens is 218 g/mol. The van der Waals surface area contributed by atoms with E-state index in [4.69, 9.17) is 10.5 Å². The van der Waals surface area contributed by atoms with Crippen molar-refractivity contribution in [3.63, 3.8) is 0 Å². The van der Waals surface area contributed by atoms with Crippen molar-refractivity contribution in [3.8, 4) is 5.88 Å². The monoisotopic (exact) mass is 235 g/mol. The van der Waals surface area contributed by atoms with E-state index in [1.165, 1.54) is 0 Å². The second kappa shape index (κ2) is 4.71. The maximum Gasteiger partial charge on any atom is 0.228 e. The Balaban J connectivity index is 2.19. The fraction of sp³-hybridized carbons (Fsp3) is 0.500. The smallest absolute Gasteiger partial charge is 0.228 e. The lowest BCUT2D eigenvalue weighted by Gasteiger charge is -2.11. The third-order valence-corrected chi connectivity index (χ3v) is 2.76. The van der Waals surface area contributed by atoms with Crippen molar-refractivity contribution in [2.45, 2.75) is 25.8 Å². The maximum absolute atomic E-state index is 11.6. The minimum Gasteiger partial charge on any atom is -0.481 e. The molecule has 92 valence electrons. The minimum absolute atomic E-state index is 0.0291. The topological polar surface area (TPSA) is 77.2 Å². The van der Waals surface area contributed by atoms with Gasteiger partial charge in [-0.05, 0) is 31.4 Å². The molecule has 1 aliphatic carbocycles. The summed E-state index contributed by atoms with van der Waals surface area (Å²) in [5.41, 5.74) is 6.70. The fourth-order valence-electron chi connectivity index (χ4n) is 1.53. The van der Waals surface area contributed by atoms with Crippen LogP contribution in [0.5, 0.6) is 5.88 Å². The van der Waals surface area contributed by atoms with E-state index in [2.05, 4.69) is 10.3 Å². The van der Waals surface area contributed by atoms with Crippen LogP contribution in [0.25, 0.3) is 0 Å². The third-order valence-electron chi connectivity index (χ3n) is 2.76. The molecule has 1 aliphatic rings. The zero-order valence-corrected chi connectivity index (χ0v) is 10.1. The molecule has 1 aromatic heterocycles. The van der Waals surface area contributed by atoms with E-state index in [1.54, 1.807) is 19.2 Å². The molecule has 0 saturated heterocycles. The molecule has 5 heteroatoms. The summed E-state index contributed by atoms with van der Waals surface area (Å²) in [6.07, 6.45) is 1.94. The van der Waals surface area contributed by atoms with Gasteiger partial charge >= 0.3 is 0 Å². The van der Waals surface area contributed by atoms with Gasteiger partial charge in [0.15, 0.2) is 0 Å². The number of hydrogen-bond acceptors (Lipinski definition) is 4. The Morgan fingerprint density at radius 3 is 2.82 bits per heavy atom. The van der Waals surface area contributed by atoms with Crippen molar-refractivity contribution in [2.24, 2.45) is 11.7 Å². The van der Waals surface area contributed by atoms with Crippen molar-refractivity contribution >= 4 is 11.7 Å². The third kappa shape index (κ3) is 2.94. The van der Waals surface area contributed by atoms with Crippen LogP contribution in [0.4, 0.5) is 5.82 Å². The predicted molar refractivity (Wildman–Crippen MR) is 64.7 cm³/mol. The molecule has 0 aromatic carbocycles. The number of carbonyl (C=O) groups is 1. The van der Waals surface area contributed by atoms with Crippen molar-refractivity contribution in [1.82, 2.24) is 4.98 Å². The first-order valence-electron chi connectivity index (χ1n) is 5.72. The number of nitrogens with one attached hydrogen (secondary N) is 1. The van der Waals surface area contributed by atoms with Gasteiger partial charge in [-0.1, -0.05) is 0 Å². The Morgan fingerprint density at radius 2 is 2.29 bits per heavy atom. The summed E-state index contributed by atoms with van der Waals surface area (Å²) in [5.74, 6) is 1.16. The summed E-state index contributed by atoms with van der Waals surface area (Å²) in [5, 5.41) is 2.79. The Morgan fingerprint density at radius 1 is 1.59 bits per heavy atom. The second-order valence-electron chi connectivity index (χ2n) is 4.38. The Kier molecular flexibility index (Phi) is 3.28. The number of methoxy groups -OCH3 is 1. The van der Waals surface area contributed by atoms with E-state index in [-0.39, 0.29) is 17.9 Å². The van der Waals surface area contributed by atoms with Crippen LogP contribution in [0.1, 0.15) is 31.4 Å². The lowest BCUT2D eigenvalue weighted by Crippen LogP contribution is -2.15. The van der Waals surface area contributed by atoms with Gasteiger partial charge < -0.3 is 15.8 Å². The molecule has 0 bridgehead atoms. The molecule has 3 N–H and O–H groups in total. The van der Waals surface area contributed by atoms with Crippen LogP contribution in [-0.2, 0) is 4.79 Å². The zero-order valence-electron chi connectivity index (χ0n) is 10.1. The van der Waals surface area contributed by atoms with Crippen LogP contribution >= 0.6 is 0 Å². The minimum atomic E-state index is -0.122. The summed E-state index contributed by atoms with van der Waals surface area (Å²) in [6, 6.07) is 3.44. The summed E-state index contributed by atoms with van der Waals surface area (Å²) in [6.45, 7) is 1.88. The Labute approximate surface area is 100 Å². The van der Waals surface area contributed by atoms with Gasteiger partial charge in [0.2, 0.25) is 11.8 Å². The summed E-state index contributed by atoms with van der Waals surface area (Å²) in [7, 11) is 1.54. The van der Waals surface area contributed by atoms with Gasteiger partial charge in [-0.25, -0.2) is 0 Å². The highest BCUT2D eigenvalue weighted by Crippen LogP contribution is 2.30. The average molecular weight is 235 g/mol. The number of amides is 1. The molecule has 17 heavy (non-hydrogen) atoms. The van der Waals surface area contributed by atoms with Gasteiger partial charge in [0.1, 0.15) is 5.82 Å². The van der Waals surface area contributed by atoms with Gasteiger partial charge in [0, 0.05) is 18.0 Å². The predicted octanol–water partition coefficient (Wildman–Crippen LogP) is 1.46. The SMILES string of the molecule is COc1cc(C(C)N)cc(NC(=O)C2CC2)n1. The fourth-order valence-corrected chi connectivity index (χ4v) is 1.53. The van der Waals surface area contributed by atoms with Gasteiger partial charge in [-0.15, -0.1) is 0 Å². The Hall–Kier alpha value is -1.62. The molecule has 1 unspecified atom stereocenters. The molecule has 0 radical (unpaired) electrons. The highest BCUT2D eigenvalue weighted by molar-refractivity contribution is 5.93. The molecule has 1 aromatic rings. The Bertz CT molecular complexity index is 428. The van der Waals surface area contributed by atoms with Crippen LogP contribution in [-0.4, -0.2) is 18.0 Å². The highest BCUT2D eigenvalue weighted by Gasteiger charge is 2.29. The summed E-state index contributed by atoms with van der Waals surface area (Å²) in [4.78, 5) is 15.8. The number of hydrogen-bond donors (Lipinski definition) is 2. The number of ether oxygens (including phenoxy) is 1. The molecule has 0 spiro atoms. The first kappa shape index (κ1) is 11.9. The van der Waals surface area contributed by atoms with E-state index < -0.39 is 0 Å². The largest absolute Gasteiger partial charge is 0.481 e. The molecule has 2 rings (SSSR count). The van der Waals surface area contributed by atoms with Gasteiger partial charge in [-0.2, -0.15) is 4.98 Å². The molecular formula is C12H17N3O2. The average Bonchev–Trinajstić information content (AvgIpc) is 3.12. The second-order valence-corrected chi connectivity index (χ2v) is 4.38. The molecule has 5 nitrogen and oxygen atoms in total. The van der Waals surface area contributed by atoms with Crippen molar-refractivity contribution in [3.05, 3.63) is 17.7 Å². The number of nitrogens with zero attached hydrogens (tertiary/aromatic N) is 1. The van der Waals surface area contributed by atoms with Crippen molar-refractivity contribution in [1.29, 1.82) is 0 Å². The van der Waals surface area contributed by atoms with Gasteiger partial charge in [0.05, 0.1) is 7.11 Å². The lowest BCUT2D eigenvalue weighted by molar-refractivity contribution is -0.117. The summed E-state index contributed by atoms with van der Waals surface area (Å²) < 4.78 is 5.09. The summed E-state index contributed by atoms with van der Waals surface area (Å²) >= 11 is 0. The number of anilines is 1. The van der Waals surface area contributed by atoms with E-state index in [0.29, 0.717) is 11.7 Å². The quantitative estimate of drug-likeness (QED) is 0.828. The van der Waals surface area contributed by atoms with Gasteiger partial charge in [0.25, 0.3) is 0 Å². The van der Waals surface area contributed by atoms with Crippen molar-refractivity contribution in [2.75, 3.05) is 12.4 Å². The van der Waals surface area contributed by atoms with Crippen LogP contribution in [0.3, 0.4) is 0 Å². The first-order chi connectivity index (χ1) is 8.10. The number of carbonyl (C=O) groups excluding carboxylic acids is 1. The number of nitrogens with two attached hydrogens (primary N) is 1. The molecule has 1 heterocycles. The maximum atomic E-state index is 11.6. The molecule has 0 aliphatic heterocycles. The molecule has 1 saturated carbocycles. The molecule has 1 amide bonds. The van der Waals surface area contributed by atoms with Crippen LogP contribution in [0.15, 0.2) is 12.1 Å². The van der Waals surface area contributed by atoms with E-state index >= 15 is 0 Å². The zero-order chi connectivity index (χ0) is 12.4. The highest BCUT2D eigenvalue weighted by atomic mass is 16.5. The van der Waals surface area contributed by atoms with E-state index in [9.17, 15) is 4.79 Å². The number of pyridine rings is 1. The first-order valence-corrected chi connectivity index (χ1v) is 5.72. The van der Waals surface area contributed by atoms with Crippen molar-refractivity contribution < 1.29 is 9.53 Å². The van der Waals surface area contributed by atoms with E-state index in [0.717, 1.165) is 18.4 Å². The lowest BCUT2D eigenvalue weighted by atomic mass is 10.1. The number of rotatable bonds is 4. The van der Waals surface area contributed by atoms with Gasteiger partial charge in [-0.3, -0.25) is 4.79 Å². The normalized spacial score (nSPS) is 16.4. The standard InChI is InChI=1S/C12H17N3O2/c1-7(13)9-5-10(14-11(6-9)17-2)15-12(16)8-3-4-8/h5-8H,3-4,13H2,1-2H3,(H,14,15,16). The molecule has 1 fully saturated rings.